The number of hydrogen-bond donors (Lipinski definition) is 1. The number of rotatable bonds is 8. The van der Waals surface area contributed by atoms with E-state index < -0.39 is 0 Å². The summed E-state index contributed by atoms with van der Waals surface area (Å²) >= 11 is 0. The van der Waals surface area contributed by atoms with Gasteiger partial charge in [0.25, 0.3) is 0 Å². The highest BCUT2D eigenvalue weighted by atomic mass is 16.5. The highest BCUT2D eigenvalue weighted by molar-refractivity contribution is 5.25. The quantitative estimate of drug-likeness (QED) is 0.713. The van der Waals surface area contributed by atoms with E-state index in [-0.39, 0.29) is 5.41 Å². The first kappa shape index (κ1) is 15.2. The van der Waals surface area contributed by atoms with Crippen molar-refractivity contribution in [1.82, 2.24) is 5.32 Å². The van der Waals surface area contributed by atoms with Crippen LogP contribution in [0.4, 0.5) is 0 Å². The van der Waals surface area contributed by atoms with Crippen LogP contribution in [0.3, 0.4) is 0 Å². The average Bonchev–Trinajstić information content (AvgIpc) is 2.39. The highest BCUT2D eigenvalue weighted by Crippen LogP contribution is 2.27. The summed E-state index contributed by atoms with van der Waals surface area (Å²) < 4.78 is 5.74. The molecule has 0 aromatic heterocycles. The maximum Gasteiger partial charge on any atom is 0.0628 e. The van der Waals surface area contributed by atoms with Gasteiger partial charge in [-0.25, -0.2) is 0 Å². The third-order valence-corrected chi connectivity index (χ3v) is 3.47. The van der Waals surface area contributed by atoms with Gasteiger partial charge in [-0.05, 0) is 18.5 Å². The Kier molecular flexibility index (Phi) is 6.37. The van der Waals surface area contributed by atoms with E-state index in [1.807, 2.05) is 0 Å². The maximum absolute atomic E-state index is 5.74. The van der Waals surface area contributed by atoms with Crippen molar-refractivity contribution in [2.75, 3.05) is 19.8 Å². The number of nitrogens with one attached hydrogen (secondary N) is 1. The predicted molar refractivity (Wildman–Crippen MR) is 78.0 cm³/mol. The Balaban J connectivity index is 2.76. The third-order valence-electron chi connectivity index (χ3n) is 3.47. The molecule has 0 saturated carbocycles. The molecule has 0 spiro atoms. The minimum atomic E-state index is 0.0744. The molecular weight excluding hydrogens is 222 g/mol. The molecule has 1 atom stereocenters. The van der Waals surface area contributed by atoms with Crippen LogP contribution >= 0.6 is 0 Å². The molecule has 0 radical (unpaired) electrons. The molecule has 1 unspecified atom stereocenters. The van der Waals surface area contributed by atoms with Crippen LogP contribution in [-0.2, 0) is 10.2 Å². The predicted octanol–water partition coefficient (Wildman–Crippen LogP) is 3.37. The van der Waals surface area contributed by atoms with Gasteiger partial charge in [-0.15, -0.1) is 0 Å². The van der Waals surface area contributed by atoms with Gasteiger partial charge in [0.05, 0.1) is 6.61 Å². The summed E-state index contributed by atoms with van der Waals surface area (Å²) in [4.78, 5) is 0. The largest absolute Gasteiger partial charge is 0.380 e. The Hall–Kier alpha value is -0.860. The van der Waals surface area contributed by atoms with Crippen LogP contribution in [0.5, 0.6) is 0 Å². The molecule has 0 aliphatic heterocycles. The molecule has 1 N–H and O–H groups in total. The van der Waals surface area contributed by atoms with Gasteiger partial charge in [-0.3, -0.25) is 0 Å². The minimum Gasteiger partial charge on any atom is -0.380 e. The smallest absolute Gasteiger partial charge is 0.0628 e. The molecule has 1 aromatic carbocycles. The van der Waals surface area contributed by atoms with Crippen LogP contribution in [0.25, 0.3) is 0 Å². The van der Waals surface area contributed by atoms with E-state index in [9.17, 15) is 0 Å². The Morgan fingerprint density at radius 2 is 1.83 bits per heavy atom. The summed E-state index contributed by atoms with van der Waals surface area (Å²) in [5.41, 5.74) is 1.43. The Morgan fingerprint density at radius 3 is 2.39 bits per heavy atom. The van der Waals surface area contributed by atoms with Crippen molar-refractivity contribution in [1.29, 1.82) is 0 Å². The lowest BCUT2D eigenvalue weighted by Gasteiger charge is -2.35. The second-order valence-electron chi connectivity index (χ2n) is 5.27. The Bertz CT molecular complexity index is 321. The van der Waals surface area contributed by atoms with Crippen LogP contribution in [-0.4, -0.2) is 25.8 Å². The zero-order valence-electron chi connectivity index (χ0n) is 12.2. The molecular formula is C16H27NO. The van der Waals surface area contributed by atoms with Crippen LogP contribution in [0, 0.1) is 0 Å². The lowest BCUT2D eigenvalue weighted by Crippen LogP contribution is -2.48. The molecule has 0 fully saturated rings. The number of hydrogen-bond acceptors (Lipinski definition) is 2. The van der Waals surface area contributed by atoms with E-state index >= 15 is 0 Å². The molecule has 0 aliphatic rings. The molecule has 18 heavy (non-hydrogen) atoms. The van der Waals surface area contributed by atoms with E-state index in [0.29, 0.717) is 6.04 Å². The molecule has 2 heteroatoms. The summed E-state index contributed by atoms with van der Waals surface area (Å²) in [5.74, 6) is 0. The third kappa shape index (κ3) is 4.11. The lowest BCUT2D eigenvalue weighted by molar-refractivity contribution is 0.0909. The second kappa shape index (κ2) is 7.55. The van der Waals surface area contributed by atoms with Crippen LogP contribution in [0.1, 0.15) is 39.7 Å². The molecule has 1 rings (SSSR count). The van der Waals surface area contributed by atoms with E-state index in [1.54, 1.807) is 0 Å². The standard InChI is InChI=1S/C16H27NO/c1-5-12-18-13-15(17-6-2)16(3,4)14-10-8-7-9-11-14/h7-11,15,17H,5-6,12-13H2,1-4H3. The van der Waals surface area contributed by atoms with Gasteiger partial charge in [-0.2, -0.15) is 0 Å². The zero-order chi connectivity index (χ0) is 13.4. The van der Waals surface area contributed by atoms with Gasteiger partial charge >= 0.3 is 0 Å². The van der Waals surface area contributed by atoms with Crippen molar-refractivity contribution in [2.24, 2.45) is 0 Å². The molecule has 0 amide bonds. The summed E-state index contributed by atoms with van der Waals surface area (Å²) in [6, 6.07) is 11.0. The fourth-order valence-corrected chi connectivity index (χ4v) is 2.18. The SMILES string of the molecule is CCCOCC(NCC)C(C)(C)c1ccccc1. The Morgan fingerprint density at radius 1 is 1.17 bits per heavy atom. The molecule has 0 heterocycles. The van der Waals surface area contributed by atoms with Crippen molar-refractivity contribution in [2.45, 2.75) is 45.6 Å². The molecule has 102 valence electrons. The van der Waals surface area contributed by atoms with Gasteiger partial charge in [-0.1, -0.05) is 58.0 Å². The average molecular weight is 249 g/mol. The van der Waals surface area contributed by atoms with Crippen molar-refractivity contribution in [3.63, 3.8) is 0 Å². The monoisotopic (exact) mass is 249 g/mol. The second-order valence-corrected chi connectivity index (χ2v) is 5.27. The van der Waals surface area contributed by atoms with Gasteiger partial charge in [0.1, 0.15) is 0 Å². The van der Waals surface area contributed by atoms with Crippen LogP contribution in [0.2, 0.25) is 0 Å². The zero-order valence-corrected chi connectivity index (χ0v) is 12.2. The van der Waals surface area contributed by atoms with E-state index in [2.05, 4.69) is 63.3 Å². The summed E-state index contributed by atoms with van der Waals surface area (Å²) in [6.45, 7) is 11.4. The molecule has 2 nitrogen and oxygen atoms in total. The molecule has 0 saturated heterocycles. The first-order valence-electron chi connectivity index (χ1n) is 6.99. The van der Waals surface area contributed by atoms with Gasteiger partial charge in [0.2, 0.25) is 0 Å². The van der Waals surface area contributed by atoms with Gasteiger partial charge in [0.15, 0.2) is 0 Å². The lowest BCUT2D eigenvalue weighted by atomic mass is 9.78. The number of benzene rings is 1. The van der Waals surface area contributed by atoms with E-state index in [1.165, 1.54) is 5.56 Å². The van der Waals surface area contributed by atoms with Crippen LogP contribution < -0.4 is 5.32 Å². The summed E-state index contributed by atoms with van der Waals surface area (Å²) in [5, 5.41) is 3.56. The highest BCUT2D eigenvalue weighted by Gasteiger charge is 2.30. The number of likely N-dealkylation sites (N-methyl/N-ethyl adjacent to an activating group) is 1. The first-order valence-corrected chi connectivity index (χ1v) is 6.99. The molecule has 0 aliphatic carbocycles. The fourth-order valence-electron chi connectivity index (χ4n) is 2.18. The number of ether oxygens (including phenoxy) is 1. The fraction of sp³-hybridized carbons (Fsp3) is 0.625. The molecule has 0 bridgehead atoms. The summed E-state index contributed by atoms with van der Waals surface area (Å²) in [6.07, 6.45) is 1.07. The normalized spacial score (nSPS) is 13.6. The first-order chi connectivity index (χ1) is 8.62. The van der Waals surface area contributed by atoms with Crippen molar-refractivity contribution < 1.29 is 4.74 Å². The minimum absolute atomic E-state index is 0.0744. The van der Waals surface area contributed by atoms with Gasteiger partial charge in [0, 0.05) is 18.1 Å². The topological polar surface area (TPSA) is 21.3 Å². The van der Waals surface area contributed by atoms with Crippen LogP contribution in [0.15, 0.2) is 30.3 Å². The molecule has 1 aromatic rings. The maximum atomic E-state index is 5.74. The van der Waals surface area contributed by atoms with E-state index in [0.717, 1.165) is 26.2 Å². The Labute approximate surface area is 112 Å². The van der Waals surface area contributed by atoms with Crippen molar-refractivity contribution in [3.8, 4) is 0 Å². The summed E-state index contributed by atoms with van der Waals surface area (Å²) in [7, 11) is 0. The van der Waals surface area contributed by atoms with E-state index in [4.69, 9.17) is 4.74 Å². The van der Waals surface area contributed by atoms with Crippen molar-refractivity contribution in [3.05, 3.63) is 35.9 Å². The van der Waals surface area contributed by atoms with Gasteiger partial charge < -0.3 is 10.1 Å². The van der Waals surface area contributed by atoms with Crippen molar-refractivity contribution >= 4 is 0 Å².